The molecule has 6 aliphatic rings. The standard InChI is InChI=1S/C69H99N5O20/c1-41-57-44(17-21-50(75)82-9)65(3,4)64(71-57)60(70-40-43-16-20-48-49(36-43)94-35-33-92-31-29-90-27-26-89-28-30-91-32-34-93-48)59-45(18-22-51(76)83-10)67(6,38-55(80)87-14)62(72-59)42(2)58-46(19-23-52(77)84-11)68(7,39-56(81)88-15)69(8,74-58)63-47(37-54(79)86-13)66(5,61(41)73-63)25-24-53(78)85-12/h16,20,36,44-47,63,70,72H,17-19,21-35,37-40H2,1-15H3/b57-41-,60-59+,62-42-/t44-,45-,46-,47+,63?,66-,67+,68+,69-/m1/s1. The van der Waals surface area contributed by atoms with Crippen LogP contribution in [0.25, 0.3) is 0 Å². The SMILES string of the molecule is COC(=O)CC[C@@H]1/C2=C(\C)C3=NC([C@H](CC(=O)OC)[C@@]3(C)CCC(=O)OC)[C@@]3(C)N=C(/C(C)=C4\N/C(=C(/NCc5ccc6c(c5)OCCOCCOCCOCCOCCO6)C(=N2)C1(C)C)[C@@H](CCC(=O)OC)[C@]4(C)CC(=O)OC)[C@@H](CCC(=O)OC)[C@]3(C)CC(=O)OC. The number of rotatable bonds is 21. The highest BCUT2D eigenvalue weighted by molar-refractivity contribution is 6.11. The minimum atomic E-state index is -1.46. The van der Waals surface area contributed by atoms with Crippen molar-refractivity contribution >= 4 is 58.9 Å². The van der Waals surface area contributed by atoms with E-state index in [0.717, 1.165) is 5.56 Å². The van der Waals surface area contributed by atoms with Crippen molar-refractivity contribution in [2.75, 3.05) is 116 Å². The molecule has 0 saturated carbocycles. The number of nitrogens with zero attached hydrogens (tertiary/aromatic N) is 3. The molecule has 1 fully saturated rings. The lowest BCUT2D eigenvalue weighted by atomic mass is 9.55. The number of carbonyl (C=O) groups excluding carboxylic acids is 7. The zero-order valence-electron chi connectivity index (χ0n) is 57.7. The Balaban J connectivity index is 1.61. The molecule has 9 atom stereocenters. The summed E-state index contributed by atoms with van der Waals surface area (Å²) in [4.78, 5) is 115. The number of allylic oxidation sites excluding steroid dienone is 6. The number of hydrogen-bond acceptors (Lipinski definition) is 25. The molecule has 8 bridgehead atoms. The molecule has 0 amide bonds. The minimum absolute atomic E-state index is 0.0164. The molecule has 0 aromatic heterocycles. The second-order valence-electron chi connectivity index (χ2n) is 26.2. The van der Waals surface area contributed by atoms with Gasteiger partial charge in [-0.25, -0.2) is 0 Å². The highest BCUT2D eigenvalue weighted by Gasteiger charge is 2.67. The molecule has 94 heavy (non-hydrogen) atoms. The predicted molar refractivity (Wildman–Crippen MR) is 345 cm³/mol. The molecule has 6 aliphatic heterocycles. The van der Waals surface area contributed by atoms with E-state index in [0.29, 0.717) is 102 Å². The fourth-order valence-corrected chi connectivity index (χ4v) is 14.9. The van der Waals surface area contributed by atoms with E-state index in [9.17, 15) is 33.6 Å². The quantitative estimate of drug-likeness (QED) is 0.0889. The van der Waals surface area contributed by atoms with Crippen molar-refractivity contribution in [1.29, 1.82) is 0 Å². The third-order valence-electron chi connectivity index (χ3n) is 20.5. The number of nitrogens with one attached hydrogen (secondary N) is 2. The van der Waals surface area contributed by atoms with E-state index in [-0.39, 0.29) is 104 Å². The summed E-state index contributed by atoms with van der Waals surface area (Å²) >= 11 is 0. The summed E-state index contributed by atoms with van der Waals surface area (Å²) in [5.74, 6) is -5.60. The average Bonchev–Trinajstić information content (AvgIpc) is 1.53. The van der Waals surface area contributed by atoms with Gasteiger partial charge >= 0.3 is 41.8 Å². The second kappa shape index (κ2) is 32.5. The molecule has 2 N–H and O–H groups in total. The van der Waals surface area contributed by atoms with Crippen LogP contribution < -0.4 is 20.1 Å². The largest absolute Gasteiger partial charge is 0.487 e. The molecule has 1 aromatic rings. The van der Waals surface area contributed by atoms with Gasteiger partial charge in [-0.15, -0.1) is 0 Å². The van der Waals surface area contributed by atoms with Crippen LogP contribution in [0.15, 0.2) is 67.1 Å². The van der Waals surface area contributed by atoms with Gasteiger partial charge in [0.25, 0.3) is 0 Å². The van der Waals surface area contributed by atoms with E-state index in [4.69, 9.17) is 76.6 Å². The van der Waals surface area contributed by atoms with Gasteiger partial charge in [0.1, 0.15) is 13.2 Å². The molecule has 0 radical (unpaired) electrons. The predicted octanol–water partition coefficient (Wildman–Crippen LogP) is 7.49. The van der Waals surface area contributed by atoms with E-state index in [1.807, 2.05) is 59.7 Å². The van der Waals surface area contributed by atoms with Crippen molar-refractivity contribution < 1.29 is 95.1 Å². The first-order chi connectivity index (χ1) is 44.8. The topological polar surface area (TPSA) is 301 Å². The fourth-order valence-electron chi connectivity index (χ4n) is 14.9. The lowest BCUT2D eigenvalue weighted by Crippen LogP contribution is -2.55. The number of hydrogen-bond donors (Lipinski definition) is 2. The Hall–Kier alpha value is -7.22. The van der Waals surface area contributed by atoms with Gasteiger partial charge < -0.3 is 72.2 Å². The van der Waals surface area contributed by atoms with Crippen molar-refractivity contribution in [3.05, 3.63) is 57.7 Å². The van der Waals surface area contributed by atoms with Crippen molar-refractivity contribution in [3.8, 4) is 11.5 Å². The van der Waals surface area contributed by atoms with Crippen molar-refractivity contribution in [3.63, 3.8) is 0 Å². The maximum atomic E-state index is 14.4. The summed E-state index contributed by atoms with van der Waals surface area (Å²) < 4.78 is 73.4. The zero-order chi connectivity index (χ0) is 68.8. The van der Waals surface area contributed by atoms with Gasteiger partial charge in [0.05, 0.1) is 145 Å². The molecule has 25 heteroatoms. The Bertz CT molecular complexity index is 3170. The van der Waals surface area contributed by atoms with Gasteiger partial charge in [-0.1, -0.05) is 40.7 Å². The fraction of sp³-hybridized carbons (Fsp3) is 0.681. The summed E-state index contributed by atoms with van der Waals surface area (Å²) in [5, 5.41) is 7.76. The molecule has 520 valence electrons. The van der Waals surface area contributed by atoms with E-state index in [1.54, 1.807) is 0 Å². The highest BCUT2D eigenvalue weighted by Crippen LogP contribution is 2.63. The third-order valence-corrected chi connectivity index (χ3v) is 20.5. The maximum absolute atomic E-state index is 14.4. The number of fused-ring (bicyclic) bond motifs is 7. The van der Waals surface area contributed by atoms with Crippen LogP contribution in [0.4, 0.5) is 0 Å². The molecule has 1 saturated heterocycles. The van der Waals surface area contributed by atoms with Crippen LogP contribution in [0.5, 0.6) is 11.5 Å². The summed E-state index contributed by atoms with van der Waals surface area (Å²) in [6.07, 6.45) is -0.394. The number of methoxy groups -OCH3 is 7. The first-order valence-corrected chi connectivity index (χ1v) is 32.4. The van der Waals surface area contributed by atoms with Gasteiger partial charge in [-0.3, -0.25) is 48.5 Å². The molecule has 6 heterocycles. The molecular formula is C69H99N5O20. The number of carbonyl (C=O) groups is 7. The molecule has 0 aliphatic carbocycles. The van der Waals surface area contributed by atoms with Crippen LogP contribution in [0.2, 0.25) is 0 Å². The number of aliphatic imine (C=N–C) groups is 3. The van der Waals surface area contributed by atoms with Crippen LogP contribution >= 0.6 is 0 Å². The number of esters is 7. The van der Waals surface area contributed by atoms with E-state index in [1.165, 1.54) is 49.8 Å². The third kappa shape index (κ3) is 16.0. The first-order valence-electron chi connectivity index (χ1n) is 32.4. The summed E-state index contributed by atoms with van der Waals surface area (Å²) in [6, 6.07) is 4.65. The van der Waals surface area contributed by atoms with Crippen LogP contribution in [0.3, 0.4) is 0 Å². The molecule has 1 unspecified atom stereocenters. The van der Waals surface area contributed by atoms with Crippen LogP contribution in [0.1, 0.15) is 132 Å². The van der Waals surface area contributed by atoms with Crippen LogP contribution in [-0.4, -0.2) is 186 Å². The molecule has 1 aromatic carbocycles. The molecule has 25 nitrogen and oxygen atoms in total. The summed E-state index contributed by atoms with van der Waals surface area (Å²) in [5.41, 5.74) is -0.557. The van der Waals surface area contributed by atoms with Crippen LogP contribution in [0, 0.1) is 45.3 Å². The number of ether oxygens (including phenoxy) is 13. The Labute approximate surface area is 552 Å². The Morgan fingerprint density at radius 1 is 0.553 bits per heavy atom. The van der Waals surface area contributed by atoms with Crippen molar-refractivity contribution in [2.24, 2.45) is 60.3 Å². The highest BCUT2D eigenvalue weighted by atomic mass is 16.6. The zero-order valence-corrected chi connectivity index (χ0v) is 57.7. The summed E-state index contributed by atoms with van der Waals surface area (Å²) in [7, 11) is 9.18. The first kappa shape index (κ1) is 74.2. The van der Waals surface area contributed by atoms with Gasteiger partial charge in [0, 0.05) is 106 Å². The van der Waals surface area contributed by atoms with Gasteiger partial charge in [0.15, 0.2) is 11.5 Å². The minimum Gasteiger partial charge on any atom is -0.487 e. The number of benzene rings is 1. The van der Waals surface area contributed by atoms with Crippen molar-refractivity contribution in [1.82, 2.24) is 10.6 Å². The average molecular weight is 1320 g/mol. The Kier molecular flexibility index (Phi) is 25.6. The smallest absolute Gasteiger partial charge is 0.306 e. The van der Waals surface area contributed by atoms with Gasteiger partial charge in [0.2, 0.25) is 0 Å². The maximum Gasteiger partial charge on any atom is 0.306 e. The molecule has 7 rings (SSSR count). The lowest BCUT2D eigenvalue weighted by Gasteiger charge is -2.48. The van der Waals surface area contributed by atoms with Gasteiger partial charge in [-0.2, -0.15) is 0 Å². The van der Waals surface area contributed by atoms with E-state index < -0.39 is 98.7 Å². The lowest BCUT2D eigenvalue weighted by molar-refractivity contribution is -0.147. The summed E-state index contributed by atoms with van der Waals surface area (Å²) in [6.45, 7) is 19.1. The van der Waals surface area contributed by atoms with Crippen LogP contribution in [-0.2, 0) is 92.2 Å². The monoisotopic (exact) mass is 1320 g/mol. The Morgan fingerprint density at radius 3 is 1.59 bits per heavy atom. The van der Waals surface area contributed by atoms with E-state index in [2.05, 4.69) is 24.5 Å². The Morgan fingerprint density at radius 2 is 1.04 bits per heavy atom. The normalized spacial score (nSPS) is 30.3. The van der Waals surface area contributed by atoms with Gasteiger partial charge in [-0.05, 0) is 75.3 Å². The molecular weight excluding hydrogens is 1220 g/mol. The van der Waals surface area contributed by atoms with E-state index >= 15 is 0 Å². The second-order valence-corrected chi connectivity index (χ2v) is 26.2. The van der Waals surface area contributed by atoms with Crippen molar-refractivity contribution in [2.45, 2.75) is 144 Å². The molecule has 0 spiro atoms.